The van der Waals surface area contributed by atoms with Crippen molar-refractivity contribution in [3.8, 4) is 0 Å². The average molecular weight is 340 g/mol. The van der Waals surface area contributed by atoms with Gasteiger partial charge in [0.05, 0.1) is 0 Å². The van der Waals surface area contributed by atoms with Gasteiger partial charge < -0.3 is 9.64 Å². The molecule has 1 heterocycles. The SMILES string of the molecule is COC1(C)C(=O)C(c2c(C)cc(Br)cc2C)C(=O)N1C. The molecule has 4 nitrogen and oxygen atoms in total. The number of likely N-dealkylation sites (tertiary alicyclic amines) is 1. The summed E-state index contributed by atoms with van der Waals surface area (Å²) in [7, 11) is 3.05. The quantitative estimate of drug-likeness (QED) is 0.778. The summed E-state index contributed by atoms with van der Waals surface area (Å²) in [5.41, 5.74) is 1.46. The fraction of sp³-hybridized carbons (Fsp3) is 0.467. The second kappa shape index (κ2) is 4.97. The van der Waals surface area contributed by atoms with Gasteiger partial charge in [-0.2, -0.15) is 0 Å². The molecule has 0 saturated carbocycles. The predicted octanol–water partition coefficient (Wildman–Crippen LogP) is 2.55. The van der Waals surface area contributed by atoms with E-state index in [0.717, 1.165) is 21.2 Å². The molecule has 1 aromatic carbocycles. The van der Waals surface area contributed by atoms with Crippen LogP contribution >= 0.6 is 15.9 Å². The van der Waals surface area contributed by atoms with Gasteiger partial charge >= 0.3 is 0 Å². The third-order valence-corrected chi connectivity index (χ3v) is 4.64. The van der Waals surface area contributed by atoms with Crippen molar-refractivity contribution in [2.75, 3.05) is 14.2 Å². The van der Waals surface area contributed by atoms with Crippen molar-refractivity contribution >= 4 is 27.6 Å². The minimum absolute atomic E-state index is 0.207. The number of likely N-dealkylation sites (N-methyl/N-ethyl adjacent to an activating group) is 1. The Labute approximate surface area is 127 Å². The van der Waals surface area contributed by atoms with Crippen molar-refractivity contribution in [2.24, 2.45) is 0 Å². The normalized spacial score (nSPS) is 26.5. The number of Topliss-reactive ketones (excluding diaryl/α,β-unsaturated/α-hetero) is 1. The summed E-state index contributed by atoms with van der Waals surface area (Å²) in [4.78, 5) is 26.6. The van der Waals surface area contributed by atoms with E-state index >= 15 is 0 Å². The third-order valence-electron chi connectivity index (χ3n) is 4.18. The van der Waals surface area contributed by atoms with Crippen molar-refractivity contribution in [3.63, 3.8) is 0 Å². The number of benzene rings is 1. The van der Waals surface area contributed by atoms with Crippen LogP contribution in [-0.2, 0) is 14.3 Å². The number of hydrogen-bond donors (Lipinski definition) is 0. The van der Waals surface area contributed by atoms with Gasteiger partial charge in [-0.25, -0.2) is 0 Å². The number of hydrogen-bond acceptors (Lipinski definition) is 3. The fourth-order valence-electron chi connectivity index (χ4n) is 2.82. The lowest BCUT2D eigenvalue weighted by molar-refractivity contribution is -0.156. The van der Waals surface area contributed by atoms with Crippen LogP contribution in [0.25, 0.3) is 0 Å². The molecule has 5 heteroatoms. The maximum Gasteiger partial charge on any atom is 0.240 e. The molecule has 1 fully saturated rings. The lowest BCUT2D eigenvalue weighted by Crippen LogP contribution is -2.46. The topological polar surface area (TPSA) is 46.6 Å². The molecule has 0 aromatic heterocycles. The van der Waals surface area contributed by atoms with Gasteiger partial charge in [0, 0.05) is 18.6 Å². The Morgan fingerprint density at radius 2 is 1.75 bits per heavy atom. The van der Waals surface area contributed by atoms with Crippen LogP contribution in [0.5, 0.6) is 0 Å². The Hall–Kier alpha value is -1.20. The predicted molar refractivity (Wildman–Crippen MR) is 79.5 cm³/mol. The molecule has 1 aliphatic rings. The molecule has 108 valence electrons. The molecular formula is C15H18BrNO3. The lowest BCUT2D eigenvalue weighted by atomic mass is 9.87. The summed E-state index contributed by atoms with van der Waals surface area (Å²) in [5.74, 6) is -1.20. The Morgan fingerprint density at radius 1 is 1.25 bits per heavy atom. The molecule has 1 amide bonds. The maximum absolute atomic E-state index is 12.7. The minimum Gasteiger partial charge on any atom is -0.352 e. The van der Waals surface area contributed by atoms with Crippen molar-refractivity contribution in [1.29, 1.82) is 0 Å². The van der Waals surface area contributed by atoms with Gasteiger partial charge in [-0.3, -0.25) is 9.59 Å². The molecule has 2 atom stereocenters. The summed E-state index contributed by atoms with van der Waals surface area (Å²) < 4.78 is 6.24. The highest BCUT2D eigenvalue weighted by molar-refractivity contribution is 9.10. The van der Waals surface area contributed by atoms with E-state index in [1.165, 1.54) is 12.0 Å². The summed E-state index contributed by atoms with van der Waals surface area (Å²) in [5, 5.41) is 0. The van der Waals surface area contributed by atoms with E-state index in [-0.39, 0.29) is 11.7 Å². The minimum atomic E-state index is -1.19. The Bertz CT molecular complexity index is 576. The molecule has 0 radical (unpaired) electrons. The zero-order valence-corrected chi connectivity index (χ0v) is 13.9. The van der Waals surface area contributed by atoms with Gasteiger partial charge in [0.1, 0.15) is 5.92 Å². The number of ketones is 1. The van der Waals surface area contributed by atoms with Gasteiger partial charge in [-0.15, -0.1) is 0 Å². The molecule has 2 rings (SSSR count). The largest absolute Gasteiger partial charge is 0.352 e. The zero-order chi connectivity index (χ0) is 15.2. The van der Waals surface area contributed by atoms with E-state index in [1.54, 1.807) is 14.0 Å². The average Bonchev–Trinajstić information content (AvgIpc) is 2.53. The first-order valence-electron chi connectivity index (χ1n) is 6.37. The molecule has 2 unspecified atom stereocenters. The number of aryl methyl sites for hydroxylation is 2. The van der Waals surface area contributed by atoms with E-state index < -0.39 is 11.6 Å². The Morgan fingerprint density at radius 3 is 2.15 bits per heavy atom. The van der Waals surface area contributed by atoms with Crippen LogP contribution in [0.4, 0.5) is 0 Å². The van der Waals surface area contributed by atoms with Crippen LogP contribution in [0.15, 0.2) is 16.6 Å². The molecule has 0 spiro atoms. The highest BCUT2D eigenvalue weighted by Gasteiger charge is 2.55. The van der Waals surface area contributed by atoms with E-state index in [4.69, 9.17) is 4.74 Å². The molecule has 0 bridgehead atoms. The van der Waals surface area contributed by atoms with E-state index in [9.17, 15) is 9.59 Å². The van der Waals surface area contributed by atoms with Gasteiger partial charge in [-0.1, -0.05) is 15.9 Å². The summed E-state index contributed by atoms with van der Waals surface area (Å²) in [6.45, 7) is 5.46. The van der Waals surface area contributed by atoms with Crippen LogP contribution in [0.2, 0.25) is 0 Å². The number of amides is 1. The van der Waals surface area contributed by atoms with Crippen molar-refractivity contribution in [2.45, 2.75) is 32.4 Å². The number of methoxy groups -OCH3 is 1. The van der Waals surface area contributed by atoms with Crippen molar-refractivity contribution in [3.05, 3.63) is 33.3 Å². The van der Waals surface area contributed by atoms with Crippen molar-refractivity contribution < 1.29 is 14.3 Å². The number of nitrogens with zero attached hydrogens (tertiary/aromatic N) is 1. The lowest BCUT2D eigenvalue weighted by Gasteiger charge is -2.28. The third kappa shape index (κ3) is 2.00. The van der Waals surface area contributed by atoms with E-state index in [2.05, 4.69) is 15.9 Å². The van der Waals surface area contributed by atoms with Gasteiger partial charge in [0.25, 0.3) is 0 Å². The van der Waals surface area contributed by atoms with Crippen LogP contribution in [-0.4, -0.2) is 36.5 Å². The van der Waals surface area contributed by atoms with Crippen molar-refractivity contribution in [1.82, 2.24) is 4.90 Å². The molecule has 0 aliphatic carbocycles. The summed E-state index contributed by atoms with van der Waals surface area (Å²) in [6.07, 6.45) is 0. The molecule has 1 saturated heterocycles. The van der Waals surface area contributed by atoms with Gasteiger partial charge in [0.2, 0.25) is 17.4 Å². The Kier molecular flexibility index (Phi) is 3.77. The second-order valence-electron chi connectivity index (χ2n) is 5.33. The smallest absolute Gasteiger partial charge is 0.240 e. The maximum atomic E-state index is 12.7. The number of rotatable bonds is 2. The van der Waals surface area contributed by atoms with E-state index in [0.29, 0.717) is 0 Å². The van der Waals surface area contributed by atoms with E-state index in [1.807, 2.05) is 26.0 Å². The molecular weight excluding hydrogens is 322 g/mol. The number of carbonyl (C=O) groups excluding carboxylic acids is 2. The number of halogens is 1. The molecule has 1 aliphatic heterocycles. The monoisotopic (exact) mass is 339 g/mol. The summed E-state index contributed by atoms with van der Waals surface area (Å²) in [6, 6.07) is 3.84. The van der Waals surface area contributed by atoms with Gasteiger partial charge in [0.15, 0.2) is 0 Å². The summed E-state index contributed by atoms with van der Waals surface area (Å²) >= 11 is 3.43. The fourth-order valence-corrected chi connectivity index (χ4v) is 3.51. The first kappa shape index (κ1) is 15.2. The second-order valence-corrected chi connectivity index (χ2v) is 6.25. The zero-order valence-electron chi connectivity index (χ0n) is 12.3. The first-order chi connectivity index (χ1) is 9.24. The van der Waals surface area contributed by atoms with Gasteiger partial charge in [-0.05, 0) is 49.6 Å². The van der Waals surface area contributed by atoms with Crippen LogP contribution in [0, 0.1) is 13.8 Å². The molecule has 0 N–H and O–H groups in total. The molecule has 20 heavy (non-hydrogen) atoms. The van der Waals surface area contributed by atoms with Crippen LogP contribution < -0.4 is 0 Å². The Balaban J connectivity index is 2.60. The number of ether oxygens (including phenoxy) is 1. The standard InChI is InChI=1S/C15H18BrNO3/c1-8-6-10(16)7-9(2)11(8)12-13(18)15(3,20-5)17(4)14(12)19/h6-7,12H,1-5H3. The highest BCUT2D eigenvalue weighted by Crippen LogP contribution is 2.39. The molecule has 1 aromatic rings. The van der Waals surface area contributed by atoms with Crippen LogP contribution in [0.3, 0.4) is 0 Å². The van der Waals surface area contributed by atoms with Crippen LogP contribution in [0.1, 0.15) is 29.5 Å². The number of carbonyl (C=O) groups is 2. The highest BCUT2D eigenvalue weighted by atomic mass is 79.9. The first-order valence-corrected chi connectivity index (χ1v) is 7.17.